The zero-order valence-corrected chi connectivity index (χ0v) is 26.5. The van der Waals surface area contributed by atoms with Gasteiger partial charge in [-0.05, 0) is 65.5 Å². The van der Waals surface area contributed by atoms with E-state index in [1.54, 1.807) is 24.4 Å². The van der Waals surface area contributed by atoms with Crippen LogP contribution < -0.4 is 5.32 Å². The summed E-state index contributed by atoms with van der Waals surface area (Å²) in [5.41, 5.74) is 3.09. The number of hydrogen-bond donors (Lipinski definition) is 2. The molecular formula is C35H33BrF2N4O3. The molecule has 45 heavy (non-hydrogen) atoms. The predicted molar refractivity (Wildman–Crippen MR) is 169 cm³/mol. The number of alkyl carbamates (subject to hydrolysis) is 1. The van der Waals surface area contributed by atoms with E-state index >= 15 is 8.78 Å². The number of likely N-dealkylation sites (tertiary alicyclic amines) is 1. The summed E-state index contributed by atoms with van der Waals surface area (Å²) < 4.78 is 37.1. The average molecular weight is 676 g/mol. The van der Waals surface area contributed by atoms with Gasteiger partial charge >= 0.3 is 6.09 Å². The molecule has 3 aliphatic rings. The van der Waals surface area contributed by atoms with Gasteiger partial charge in [0.05, 0.1) is 17.9 Å². The molecule has 2 fully saturated rings. The van der Waals surface area contributed by atoms with Crippen molar-refractivity contribution in [2.45, 2.75) is 57.7 Å². The van der Waals surface area contributed by atoms with Gasteiger partial charge in [0.1, 0.15) is 18.5 Å². The minimum atomic E-state index is -3.12. The minimum absolute atomic E-state index is 0.0126. The van der Waals surface area contributed by atoms with Crippen LogP contribution in [0.1, 0.15) is 61.7 Å². The highest BCUT2D eigenvalue weighted by Gasteiger charge is 2.55. The van der Waals surface area contributed by atoms with Crippen LogP contribution in [0.5, 0.6) is 0 Å². The Bertz CT molecular complexity index is 1790. The molecule has 1 aliphatic heterocycles. The monoisotopic (exact) mass is 674 g/mol. The number of carbonyl (C=O) groups is 2. The zero-order valence-electron chi connectivity index (χ0n) is 24.9. The molecule has 2 aliphatic carbocycles. The number of hydrogen-bond acceptors (Lipinski definition) is 4. The number of nitrogens with one attached hydrogen (secondary N) is 2. The van der Waals surface area contributed by atoms with E-state index in [0.717, 1.165) is 24.8 Å². The van der Waals surface area contributed by atoms with Gasteiger partial charge in [0.25, 0.3) is 5.92 Å². The fourth-order valence-electron chi connectivity index (χ4n) is 6.67. The van der Waals surface area contributed by atoms with Crippen molar-refractivity contribution >= 4 is 27.9 Å². The number of halogens is 3. The molecule has 2 heterocycles. The third kappa shape index (κ3) is 5.43. The van der Waals surface area contributed by atoms with Crippen LogP contribution in [0, 0.1) is 11.3 Å². The van der Waals surface area contributed by atoms with Crippen LogP contribution in [-0.2, 0) is 22.1 Å². The Labute approximate surface area is 268 Å². The summed E-state index contributed by atoms with van der Waals surface area (Å²) in [6.07, 6.45) is 3.80. The highest BCUT2D eigenvalue weighted by Crippen LogP contribution is 2.58. The second-order valence-electron chi connectivity index (χ2n) is 12.8. The average Bonchev–Trinajstić information content (AvgIpc) is 3.33. The fraction of sp³-hybridized carbons (Fsp3) is 0.343. The van der Waals surface area contributed by atoms with E-state index in [1.165, 1.54) is 12.1 Å². The molecule has 1 saturated heterocycles. The van der Waals surface area contributed by atoms with Gasteiger partial charge in [-0.15, -0.1) is 0 Å². The van der Waals surface area contributed by atoms with E-state index in [0.29, 0.717) is 39.2 Å². The van der Waals surface area contributed by atoms with E-state index in [2.05, 4.69) is 31.2 Å². The number of imidazole rings is 1. The lowest BCUT2D eigenvalue weighted by molar-refractivity contribution is -0.135. The van der Waals surface area contributed by atoms with Gasteiger partial charge in [-0.1, -0.05) is 78.3 Å². The summed E-state index contributed by atoms with van der Waals surface area (Å²) in [7, 11) is 0. The zero-order chi connectivity index (χ0) is 31.5. The number of amides is 2. The Morgan fingerprint density at radius 1 is 1.07 bits per heavy atom. The highest BCUT2D eigenvalue weighted by molar-refractivity contribution is 9.10. The first-order valence-electron chi connectivity index (χ1n) is 15.2. The number of benzene rings is 3. The van der Waals surface area contributed by atoms with Gasteiger partial charge in [-0.3, -0.25) is 4.79 Å². The smallest absolute Gasteiger partial charge is 0.408 e. The minimum Gasteiger partial charge on any atom is -0.445 e. The maximum atomic E-state index is 15.5. The number of alkyl halides is 2. The fourth-order valence-corrected chi connectivity index (χ4v) is 7.03. The van der Waals surface area contributed by atoms with Crippen LogP contribution >= 0.6 is 15.9 Å². The summed E-state index contributed by atoms with van der Waals surface area (Å²) >= 11 is 3.32. The summed E-state index contributed by atoms with van der Waals surface area (Å²) in [6.45, 7) is 4.47. The van der Waals surface area contributed by atoms with E-state index in [-0.39, 0.29) is 41.0 Å². The number of fused-ring (bicyclic) bond motifs is 3. The van der Waals surface area contributed by atoms with Crippen molar-refractivity contribution in [2.75, 3.05) is 6.54 Å². The second kappa shape index (κ2) is 11.1. The predicted octanol–water partition coefficient (Wildman–Crippen LogP) is 7.96. The van der Waals surface area contributed by atoms with Crippen molar-refractivity contribution < 1.29 is 23.1 Å². The third-order valence-corrected chi connectivity index (χ3v) is 9.85. The molecule has 1 aromatic heterocycles. The Morgan fingerprint density at radius 3 is 2.49 bits per heavy atom. The van der Waals surface area contributed by atoms with E-state index in [1.807, 2.05) is 55.1 Å². The van der Waals surface area contributed by atoms with E-state index in [4.69, 9.17) is 4.74 Å². The van der Waals surface area contributed by atoms with E-state index < -0.39 is 18.1 Å². The topological polar surface area (TPSA) is 87.3 Å². The standard InChI is InChI=1S/C35H33BrF2N4O3/c1-20(2)30(41-33(44)45-18-21-6-4-3-5-7-21)32(43)42-19-34(12-13-34)16-29(42)31-39-17-28(40-31)22-8-10-24-25-11-9-23(36)15-27(25)35(37,38)26(24)14-22/h3-11,14-15,17,20,29-30H,12-13,16,18-19H2,1-2H3,(H,39,40)(H,41,44). The summed E-state index contributed by atoms with van der Waals surface area (Å²) in [5.74, 6) is -2.88. The molecule has 1 spiro atoms. The SMILES string of the molecule is CC(C)C(NC(=O)OCc1ccccc1)C(=O)N1CC2(CC2)CC1c1ncc(-c2ccc3c(c2)C(F)(F)c2cc(Br)ccc2-3)[nH]1. The maximum absolute atomic E-state index is 15.5. The van der Waals surface area contributed by atoms with Crippen LogP contribution in [0.4, 0.5) is 13.6 Å². The van der Waals surface area contributed by atoms with Crippen LogP contribution in [-0.4, -0.2) is 39.5 Å². The van der Waals surface area contributed by atoms with Gasteiger partial charge < -0.3 is 19.9 Å². The van der Waals surface area contributed by atoms with Crippen molar-refractivity contribution in [1.29, 1.82) is 0 Å². The molecule has 2 N–H and O–H groups in total. The molecule has 4 aromatic rings. The maximum Gasteiger partial charge on any atom is 0.408 e. The highest BCUT2D eigenvalue weighted by atomic mass is 79.9. The van der Waals surface area contributed by atoms with E-state index in [9.17, 15) is 9.59 Å². The number of ether oxygens (including phenoxy) is 1. The quantitative estimate of drug-likeness (QED) is 0.208. The van der Waals surface area contributed by atoms with Gasteiger partial charge in [-0.2, -0.15) is 8.78 Å². The molecule has 10 heteroatoms. The molecule has 2 amide bonds. The molecule has 2 unspecified atom stereocenters. The molecule has 3 aromatic carbocycles. The Hall–Kier alpha value is -4.05. The Kier molecular flexibility index (Phi) is 7.30. The third-order valence-electron chi connectivity index (χ3n) is 9.36. The van der Waals surface area contributed by atoms with Crippen molar-refractivity contribution in [3.63, 3.8) is 0 Å². The van der Waals surface area contributed by atoms with Crippen LogP contribution in [0.3, 0.4) is 0 Å². The Balaban J connectivity index is 1.11. The first kappa shape index (κ1) is 29.6. The second-order valence-corrected chi connectivity index (χ2v) is 13.7. The molecule has 7 rings (SSSR count). The van der Waals surface area contributed by atoms with Gasteiger partial charge in [0.2, 0.25) is 5.91 Å². The number of H-pyrrole nitrogens is 1. The lowest BCUT2D eigenvalue weighted by atomic mass is 10.0. The summed E-state index contributed by atoms with van der Waals surface area (Å²) in [5, 5.41) is 2.80. The first-order chi connectivity index (χ1) is 21.5. The normalized spacial score (nSPS) is 19.3. The molecule has 232 valence electrons. The van der Waals surface area contributed by atoms with Gasteiger partial charge in [-0.25, -0.2) is 9.78 Å². The lowest BCUT2D eigenvalue weighted by Crippen LogP contribution is -2.51. The van der Waals surface area contributed by atoms with Crippen molar-refractivity contribution in [1.82, 2.24) is 20.2 Å². The molecule has 1 saturated carbocycles. The molecule has 2 atom stereocenters. The lowest BCUT2D eigenvalue weighted by Gasteiger charge is -2.30. The number of aromatic amines is 1. The number of rotatable bonds is 7. The van der Waals surface area contributed by atoms with Crippen molar-refractivity contribution in [2.24, 2.45) is 11.3 Å². The van der Waals surface area contributed by atoms with Gasteiger partial charge in [0.15, 0.2) is 0 Å². The largest absolute Gasteiger partial charge is 0.445 e. The Morgan fingerprint density at radius 2 is 1.78 bits per heavy atom. The van der Waals surface area contributed by atoms with Crippen molar-refractivity contribution in [3.8, 4) is 22.4 Å². The first-order valence-corrected chi connectivity index (χ1v) is 16.0. The summed E-state index contributed by atoms with van der Waals surface area (Å²) in [6, 6.07) is 18.3. The molecule has 0 bridgehead atoms. The van der Waals surface area contributed by atoms with Crippen LogP contribution in [0.15, 0.2) is 77.4 Å². The van der Waals surface area contributed by atoms with Crippen molar-refractivity contribution in [3.05, 3.63) is 99.9 Å². The number of nitrogens with zero attached hydrogens (tertiary/aromatic N) is 2. The molecule has 7 nitrogen and oxygen atoms in total. The summed E-state index contributed by atoms with van der Waals surface area (Å²) in [4.78, 5) is 36.6. The van der Waals surface area contributed by atoms with Crippen LogP contribution in [0.2, 0.25) is 0 Å². The number of carbonyl (C=O) groups excluding carboxylic acids is 2. The number of aromatic nitrogens is 2. The van der Waals surface area contributed by atoms with Crippen LogP contribution in [0.25, 0.3) is 22.4 Å². The molecular weight excluding hydrogens is 642 g/mol. The van der Waals surface area contributed by atoms with Gasteiger partial charge in [0, 0.05) is 27.7 Å². The molecule has 0 radical (unpaired) electrons.